The van der Waals surface area contributed by atoms with Gasteiger partial charge in [0.2, 0.25) is 0 Å². The minimum absolute atomic E-state index is 0.196. The fourth-order valence-corrected chi connectivity index (χ4v) is 2.32. The number of rotatable bonds is 8. The Morgan fingerprint density at radius 2 is 1.61 bits per heavy atom. The summed E-state index contributed by atoms with van der Waals surface area (Å²) < 4.78 is 11.0. The van der Waals surface area contributed by atoms with E-state index in [-0.39, 0.29) is 6.61 Å². The zero-order chi connectivity index (χ0) is 20.5. The molecule has 0 bridgehead atoms. The van der Waals surface area contributed by atoms with Crippen LogP contribution in [0, 0.1) is 5.92 Å². The summed E-state index contributed by atoms with van der Waals surface area (Å²) in [6.07, 6.45) is 0. The van der Waals surface area contributed by atoms with Crippen LogP contribution < -0.4 is 20.3 Å². The Morgan fingerprint density at radius 1 is 0.893 bits per heavy atom. The second-order valence-electron chi connectivity index (χ2n) is 7.25. The number of ether oxygens (including phenoxy) is 2. The van der Waals surface area contributed by atoms with Crippen LogP contribution in [0.1, 0.15) is 49.5 Å². The minimum atomic E-state index is -0.450. The first-order valence-corrected chi connectivity index (χ1v) is 9.40. The number of hydrogen-bond donors (Lipinski definition) is 2. The van der Waals surface area contributed by atoms with Gasteiger partial charge in [-0.2, -0.15) is 0 Å². The molecule has 6 nitrogen and oxygen atoms in total. The molecule has 0 atom stereocenters. The summed E-state index contributed by atoms with van der Waals surface area (Å²) in [7, 11) is 0. The number of carbonyl (C=O) groups is 2. The minimum Gasteiger partial charge on any atom is -0.493 e. The van der Waals surface area contributed by atoms with Gasteiger partial charge < -0.3 is 9.47 Å². The molecule has 6 heteroatoms. The van der Waals surface area contributed by atoms with Gasteiger partial charge in [-0.1, -0.05) is 45.9 Å². The van der Waals surface area contributed by atoms with E-state index in [0.717, 1.165) is 0 Å². The average Bonchev–Trinajstić information content (AvgIpc) is 2.69. The van der Waals surface area contributed by atoms with Crippen molar-refractivity contribution in [3.05, 3.63) is 59.7 Å². The van der Waals surface area contributed by atoms with Crippen molar-refractivity contribution in [2.24, 2.45) is 5.92 Å². The molecule has 0 unspecified atom stereocenters. The first-order valence-electron chi connectivity index (χ1n) is 9.40. The second kappa shape index (κ2) is 10.3. The molecule has 0 aliphatic carbocycles. The summed E-state index contributed by atoms with van der Waals surface area (Å²) in [6.45, 7) is 8.69. The molecule has 0 fully saturated rings. The van der Waals surface area contributed by atoms with Gasteiger partial charge in [-0.3, -0.25) is 20.4 Å². The molecule has 2 N–H and O–H groups in total. The van der Waals surface area contributed by atoms with Crippen molar-refractivity contribution in [1.82, 2.24) is 10.9 Å². The zero-order valence-corrected chi connectivity index (χ0v) is 16.8. The molecule has 0 radical (unpaired) electrons. The van der Waals surface area contributed by atoms with Gasteiger partial charge in [-0.25, -0.2) is 0 Å². The normalized spacial score (nSPS) is 10.6. The van der Waals surface area contributed by atoms with Crippen molar-refractivity contribution < 1.29 is 19.1 Å². The SMILES string of the molecule is CC(C)COc1cccc(C(=O)NNC(=O)COc2ccc(C(C)C)cc2)c1. The smallest absolute Gasteiger partial charge is 0.276 e. The third-order valence-corrected chi connectivity index (χ3v) is 3.91. The quantitative estimate of drug-likeness (QED) is 0.681. The van der Waals surface area contributed by atoms with E-state index in [4.69, 9.17) is 9.47 Å². The fraction of sp³-hybridized carbons (Fsp3) is 0.364. The van der Waals surface area contributed by atoms with Crippen molar-refractivity contribution in [3.63, 3.8) is 0 Å². The summed E-state index contributed by atoms with van der Waals surface area (Å²) >= 11 is 0. The maximum absolute atomic E-state index is 12.2. The molecule has 2 aromatic carbocycles. The van der Waals surface area contributed by atoms with Gasteiger partial charge in [-0.05, 0) is 47.7 Å². The Balaban J connectivity index is 1.79. The third-order valence-electron chi connectivity index (χ3n) is 3.91. The van der Waals surface area contributed by atoms with Gasteiger partial charge in [0, 0.05) is 5.56 Å². The van der Waals surface area contributed by atoms with E-state index >= 15 is 0 Å². The van der Waals surface area contributed by atoms with Gasteiger partial charge in [-0.15, -0.1) is 0 Å². The maximum atomic E-state index is 12.2. The Hall–Kier alpha value is -3.02. The fourth-order valence-electron chi connectivity index (χ4n) is 2.32. The number of hydrogen-bond acceptors (Lipinski definition) is 4. The summed E-state index contributed by atoms with van der Waals surface area (Å²) in [5.74, 6) is 1.15. The van der Waals surface area contributed by atoms with Crippen molar-refractivity contribution in [1.29, 1.82) is 0 Å². The Morgan fingerprint density at radius 3 is 2.25 bits per heavy atom. The number of benzene rings is 2. The van der Waals surface area contributed by atoms with Gasteiger partial charge in [0.15, 0.2) is 6.61 Å². The average molecular weight is 384 g/mol. The molecule has 150 valence electrons. The topological polar surface area (TPSA) is 76.7 Å². The van der Waals surface area contributed by atoms with Gasteiger partial charge in [0.1, 0.15) is 11.5 Å². The van der Waals surface area contributed by atoms with E-state index in [9.17, 15) is 9.59 Å². The molecule has 0 aromatic heterocycles. The number of hydrazine groups is 1. The highest BCUT2D eigenvalue weighted by molar-refractivity contribution is 5.95. The lowest BCUT2D eigenvalue weighted by molar-refractivity contribution is -0.123. The van der Waals surface area contributed by atoms with Crippen LogP contribution >= 0.6 is 0 Å². The van der Waals surface area contributed by atoms with Crippen LogP contribution in [-0.2, 0) is 4.79 Å². The summed E-state index contributed by atoms with van der Waals surface area (Å²) in [5.41, 5.74) is 6.32. The molecule has 0 saturated heterocycles. The molecule has 2 amide bonds. The van der Waals surface area contributed by atoms with E-state index in [1.807, 2.05) is 38.1 Å². The summed E-state index contributed by atoms with van der Waals surface area (Å²) in [4.78, 5) is 24.1. The molecule has 0 heterocycles. The van der Waals surface area contributed by atoms with Crippen LogP contribution in [-0.4, -0.2) is 25.0 Å². The molecular formula is C22H28N2O4. The molecule has 28 heavy (non-hydrogen) atoms. The maximum Gasteiger partial charge on any atom is 0.276 e. The van der Waals surface area contributed by atoms with E-state index in [2.05, 4.69) is 24.7 Å². The predicted molar refractivity (Wildman–Crippen MR) is 108 cm³/mol. The van der Waals surface area contributed by atoms with Crippen molar-refractivity contribution >= 4 is 11.8 Å². The molecular weight excluding hydrogens is 356 g/mol. The van der Waals surface area contributed by atoms with Gasteiger partial charge in [0.25, 0.3) is 11.8 Å². The van der Waals surface area contributed by atoms with Crippen molar-refractivity contribution in [2.45, 2.75) is 33.6 Å². The first-order chi connectivity index (χ1) is 13.3. The van der Waals surface area contributed by atoms with Crippen LogP contribution in [0.5, 0.6) is 11.5 Å². The Bertz CT molecular complexity index is 785. The highest BCUT2D eigenvalue weighted by Crippen LogP contribution is 2.18. The Kier molecular flexibility index (Phi) is 7.87. The standard InChI is InChI=1S/C22H28N2O4/c1-15(2)13-27-20-7-5-6-18(12-20)22(26)24-23-21(25)14-28-19-10-8-17(9-11-19)16(3)4/h5-12,15-16H,13-14H2,1-4H3,(H,23,25)(H,24,26). The highest BCUT2D eigenvalue weighted by atomic mass is 16.5. The molecule has 2 aromatic rings. The molecule has 2 rings (SSSR count). The van der Waals surface area contributed by atoms with E-state index < -0.39 is 11.8 Å². The predicted octanol–water partition coefficient (Wildman–Crippen LogP) is 3.68. The monoisotopic (exact) mass is 384 g/mol. The van der Waals surface area contributed by atoms with Crippen LogP contribution in [0.25, 0.3) is 0 Å². The Labute approximate surface area is 166 Å². The van der Waals surface area contributed by atoms with Crippen LogP contribution in [0.4, 0.5) is 0 Å². The highest BCUT2D eigenvalue weighted by Gasteiger charge is 2.09. The molecule has 0 spiro atoms. The van der Waals surface area contributed by atoms with E-state index in [0.29, 0.717) is 35.5 Å². The lowest BCUT2D eigenvalue weighted by Gasteiger charge is -2.11. The van der Waals surface area contributed by atoms with E-state index in [1.165, 1.54) is 5.56 Å². The van der Waals surface area contributed by atoms with Crippen LogP contribution in [0.15, 0.2) is 48.5 Å². The van der Waals surface area contributed by atoms with Crippen molar-refractivity contribution in [3.8, 4) is 11.5 Å². The van der Waals surface area contributed by atoms with E-state index in [1.54, 1.807) is 24.3 Å². The van der Waals surface area contributed by atoms with Crippen molar-refractivity contribution in [2.75, 3.05) is 13.2 Å². The lowest BCUT2D eigenvalue weighted by Crippen LogP contribution is -2.43. The van der Waals surface area contributed by atoms with Gasteiger partial charge >= 0.3 is 0 Å². The van der Waals surface area contributed by atoms with Crippen LogP contribution in [0.3, 0.4) is 0 Å². The largest absolute Gasteiger partial charge is 0.493 e. The summed E-state index contributed by atoms with van der Waals surface area (Å²) in [5, 5.41) is 0. The number of carbonyl (C=O) groups excluding carboxylic acids is 2. The second-order valence-corrected chi connectivity index (χ2v) is 7.25. The summed E-state index contributed by atoms with van der Waals surface area (Å²) in [6, 6.07) is 14.4. The molecule has 0 aliphatic heterocycles. The van der Waals surface area contributed by atoms with Gasteiger partial charge in [0.05, 0.1) is 6.61 Å². The zero-order valence-electron chi connectivity index (χ0n) is 16.8. The number of nitrogens with one attached hydrogen (secondary N) is 2. The molecule has 0 aliphatic rings. The molecule has 0 saturated carbocycles. The first kappa shape index (κ1) is 21.3. The lowest BCUT2D eigenvalue weighted by atomic mass is 10.0. The number of amides is 2. The van der Waals surface area contributed by atoms with Crippen LogP contribution in [0.2, 0.25) is 0 Å². The third kappa shape index (κ3) is 6.95.